The van der Waals surface area contributed by atoms with E-state index < -0.39 is 23.7 Å². The van der Waals surface area contributed by atoms with Crippen molar-refractivity contribution in [2.45, 2.75) is 58.8 Å². The third kappa shape index (κ3) is 4.40. The first kappa shape index (κ1) is 18.1. The Kier molecular flexibility index (Phi) is 5.06. The van der Waals surface area contributed by atoms with Crippen LogP contribution in [0.2, 0.25) is 0 Å². The minimum absolute atomic E-state index is 0.194. The number of hydrogen-bond acceptors (Lipinski definition) is 4. The first-order chi connectivity index (χ1) is 11.1. The first-order valence-corrected chi connectivity index (χ1v) is 8.03. The lowest BCUT2D eigenvalue weighted by molar-refractivity contribution is -0.142. The van der Waals surface area contributed by atoms with Gasteiger partial charge in [-0.1, -0.05) is 12.1 Å². The maximum Gasteiger partial charge on any atom is 0.411 e. The normalized spacial score (nSPS) is 20.8. The third-order valence-electron chi connectivity index (χ3n) is 3.81. The molecule has 1 N–H and O–H groups in total. The molecule has 6 heteroatoms. The Morgan fingerprint density at radius 1 is 1.25 bits per heavy atom. The molecule has 2 rings (SSSR count). The number of hydrogen-bond donors (Lipinski definition) is 1. The summed E-state index contributed by atoms with van der Waals surface area (Å²) >= 11 is 0. The summed E-state index contributed by atoms with van der Waals surface area (Å²) in [6.07, 6.45) is -0.761. The molecule has 0 bridgehead atoms. The number of aliphatic carboxylic acids is 1. The van der Waals surface area contributed by atoms with Crippen molar-refractivity contribution in [3.05, 3.63) is 29.3 Å². The van der Waals surface area contributed by atoms with Crippen molar-refractivity contribution in [2.75, 3.05) is 6.54 Å². The van der Waals surface area contributed by atoms with Crippen molar-refractivity contribution in [2.24, 2.45) is 0 Å². The van der Waals surface area contributed by atoms with Crippen LogP contribution in [-0.2, 0) is 9.53 Å². The molecule has 1 aromatic carbocycles. The number of benzene rings is 1. The molecule has 1 saturated heterocycles. The van der Waals surface area contributed by atoms with Gasteiger partial charge in [-0.2, -0.15) is 0 Å². The van der Waals surface area contributed by atoms with E-state index in [0.29, 0.717) is 0 Å². The van der Waals surface area contributed by atoms with Crippen LogP contribution in [0.3, 0.4) is 0 Å². The van der Waals surface area contributed by atoms with E-state index in [9.17, 15) is 14.7 Å². The van der Waals surface area contributed by atoms with Crippen LogP contribution in [0.15, 0.2) is 18.2 Å². The van der Waals surface area contributed by atoms with Gasteiger partial charge in [-0.15, -0.1) is 0 Å². The van der Waals surface area contributed by atoms with Crippen LogP contribution < -0.4 is 4.74 Å². The summed E-state index contributed by atoms with van der Waals surface area (Å²) in [7, 11) is 0. The van der Waals surface area contributed by atoms with E-state index in [1.165, 1.54) is 4.90 Å². The van der Waals surface area contributed by atoms with Gasteiger partial charge in [0.2, 0.25) is 0 Å². The molecular weight excluding hydrogens is 310 g/mol. The fourth-order valence-electron chi connectivity index (χ4n) is 2.65. The lowest BCUT2D eigenvalue weighted by Crippen LogP contribution is -2.43. The zero-order chi connectivity index (χ0) is 18.1. The molecule has 2 atom stereocenters. The highest BCUT2D eigenvalue weighted by Crippen LogP contribution is 2.27. The smallest absolute Gasteiger partial charge is 0.411 e. The van der Waals surface area contributed by atoms with Gasteiger partial charge >= 0.3 is 12.1 Å². The Balaban J connectivity index is 2.13. The van der Waals surface area contributed by atoms with E-state index in [-0.39, 0.29) is 19.1 Å². The second-order valence-electron chi connectivity index (χ2n) is 7.23. The van der Waals surface area contributed by atoms with Gasteiger partial charge in [0, 0.05) is 6.42 Å². The molecule has 0 saturated carbocycles. The molecule has 132 valence electrons. The average Bonchev–Trinajstić information content (AvgIpc) is 2.85. The van der Waals surface area contributed by atoms with Gasteiger partial charge in [0.25, 0.3) is 0 Å². The number of carboxylic acid groups (broad SMARTS) is 1. The fourth-order valence-corrected chi connectivity index (χ4v) is 2.65. The quantitative estimate of drug-likeness (QED) is 0.918. The fraction of sp³-hybridized carbons (Fsp3) is 0.556. The van der Waals surface area contributed by atoms with Crippen molar-refractivity contribution in [1.82, 2.24) is 4.90 Å². The van der Waals surface area contributed by atoms with E-state index in [4.69, 9.17) is 9.47 Å². The molecular formula is C18H25NO5. The number of amides is 1. The van der Waals surface area contributed by atoms with E-state index >= 15 is 0 Å². The topological polar surface area (TPSA) is 76.1 Å². The van der Waals surface area contributed by atoms with Crippen molar-refractivity contribution < 1.29 is 24.2 Å². The second-order valence-corrected chi connectivity index (χ2v) is 7.23. The number of rotatable bonds is 3. The summed E-state index contributed by atoms with van der Waals surface area (Å²) in [5.41, 5.74) is 1.36. The monoisotopic (exact) mass is 335 g/mol. The molecule has 1 aliphatic heterocycles. The SMILES string of the molecule is Cc1ccc(C)c(O[C@H]2C[C@@H](C(=O)O)N(C(=O)OC(C)(C)C)C2)c1. The van der Waals surface area contributed by atoms with Crippen LogP contribution in [-0.4, -0.2) is 46.4 Å². The molecule has 1 heterocycles. The minimum Gasteiger partial charge on any atom is -0.488 e. The number of nitrogens with zero attached hydrogens (tertiary/aromatic N) is 1. The maximum atomic E-state index is 12.3. The third-order valence-corrected chi connectivity index (χ3v) is 3.81. The van der Waals surface area contributed by atoms with Crippen LogP contribution >= 0.6 is 0 Å². The maximum absolute atomic E-state index is 12.3. The van der Waals surface area contributed by atoms with Crippen LogP contribution in [0.25, 0.3) is 0 Å². The van der Waals surface area contributed by atoms with Crippen LogP contribution in [0.5, 0.6) is 5.75 Å². The molecule has 0 radical (unpaired) electrons. The van der Waals surface area contributed by atoms with E-state index in [2.05, 4.69) is 0 Å². The molecule has 24 heavy (non-hydrogen) atoms. The largest absolute Gasteiger partial charge is 0.488 e. The second kappa shape index (κ2) is 6.71. The number of carboxylic acids is 1. The molecule has 6 nitrogen and oxygen atoms in total. The lowest BCUT2D eigenvalue weighted by Gasteiger charge is -2.26. The molecule has 1 fully saturated rings. The molecule has 0 spiro atoms. The van der Waals surface area contributed by atoms with Gasteiger partial charge in [0.05, 0.1) is 6.54 Å². The highest BCUT2D eigenvalue weighted by molar-refractivity contribution is 5.81. The van der Waals surface area contributed by atoms with E-state index in [1.807, 2.05) is 32.0 Å². The van der Waals surface area contributed by atoms with Crippen molar-refractivity contribution in [3.8, 4) is 5.75 Å². The first-order valence-electron chi connectivity index (χ1n) is 8.03. The lowest BCUT2D eigenvalue weighted by atomic mass is 10.1. The van der Waals surface area contributed by atoms with Crippen molar-refractivity contribution in [1.29, 1.82) is 0 Å². The van der Waals surface area contributed by atoms with Gasteiger partial charge in [0.15, 0.2) is 0 Å². The average molecular weight is 335 g/mol. The number of ether oxygens (including phenoxy) is 2. The standard InChI is InChI=1S/C18H25NO5/c1-11-6-7-12(2)15(8-11)23-13-9-14(16(20)21)19(10-13)17(22)24-18(3,4)5/h6-8,13-14H,9-10H2,1-5H3,(H,20,21)/t13-,14-/m0/s1. The number of carbonyl (C=O) groups is 2. The summed E-state index contributed by atoms with van der Waals surface area (Å²) in [6.45, 7) is 9.35. The highest BCUT2D eigenvalue weighted by atomic mass is 16.6. The zero-order valence-corrected chi connectivity index (χ0v) is 14.8. The summed E-state index contributed by atoms with van der Waals surface area (Å²) in [5, 5.41) is 9.41. The number of aryl methyl sites for hydroxylation is 2. The van der Waals surface area contributed by atoms with Gasteiger partial charge in [-0.25, -0.2) is 9.59 Å². The number of likely N-dealkylation sites (tertiary alicyclic amines) is 1. The molecule has 1 aliphatic rings. The molecule has 0 unspecified atom stereocenters. The van der Waals surface area contributed by atoms with E-state index in [0.717, 1.165) is 16.9 Å². The molecule has 1 amide bonds. The van der Waals surface area contributed by atoms with Crippen LogP contribution in [0.4, 0.5) is 4.79 Å². The van der Waals surface area contributed by atoms with Crippen molar-refractivity contribution >= 4 is 12.1 Å². The summed E-state index contributed by atoms with van der Waals surface area (Å²) < 4.78 is 11.3. The van der Waals surface area contributed by atoms with Gasteiger partial charge in [-0.3, -0.25) is 4.90 Å². The summed E-state index contributed by atoms with van der Waals surface area (Å²) in [6, 6.07) is 4.93. The van der Waals surface area contributed by atoms with Gasteiger partial charge in [0.1, 0.15) is 23.5 Å². The Labute approximate surface area is 142 Å². The minimum atomic E-state index is -1.05. The highest BCUT2D eigenvalue weighted by Gasteiger charge is 2.42. The predicted molar refractivity (Wildman–Crippen MR) is 89.3 cm³/mol. The molecule has 1 aromatic rings. The predicted octanol–water partition coefficient (Wildman–Crippen LogP) is 3.14. The summed E-state index contributed by atoms with van der Waals surface area (Å²) in [4.78, 5) is 25.0. The van der Waals surface area contributed by atoms with Gasteiger partial charge < -0.3 is 14.6 Å². The Hall–Kier alpha value is -2.24. The van der Waals surface area contributed by atoms with Gasteiger partial charge in [-0.05, 0) is 51.8 Å². The van der Waals surface area contributed by atoms with Crippen molar-refractivity contribution in [3.63, 3.8) is 0 Å². The number of carbonyl (C=O) groups excluding carboxylic acids is 1. The van der Waals surface area contributed by atoms with Crippen LogP contribution in [0, 0.1) is 13.8 Å². The Morgan fingerprint density at radius 2 is 1.92 bits per heavy atom. The Bertz CT molecular complexity index is 635. The molecule has 0 aromatic heterocycles. The zero-order valence-electron chi connectivity index (χ0n) is 14.8. The molecule has 0 aliphatic carbocycles. The summed E-state index contributed by atoms with van der Waals surface area (Å²) in [5.74, 6) is -0.330. The van der Waals surface area contributed by atoms with E-state index in [1.54, 1.807) is 20.8 Å². The van der Waals surface area contributed by atoms with Crippen LogP contribution in [0.1, 0.15) is 38.3 Å². The Morgan fingerprint density at radius 3 is 2.50 bits per heavy atom.